The average molecular weight is 673 g/mol. The minimum Gasteiger partial charge on any atom is -0.459 e. The highest BCUT2D eigenvalue weighted by atomic mass is 16.6. The van der Waals surface area contributed by atoms with E-state index in [1.54, 1.807) is 24.3 Å². The van der Waals surface area contributed by atoms with E-state index in [4.69, 9.17) is 14.2 Å². The van der Waals surface area contributed by atoms with Crippen molar-refractivity contribution in [3.05, 3.63) is 70.8 Å². The van der Waals surface area contributed by atoms with E-state index in [2.05, 4.69) is 122 Å². The van der Waals surface area contributed by atoms with E-state index >= 15 is 0 Å². The Bertz CT molecular complexity index is 1510. The van der Waals surface area contributed by atoms with Crippen LogP contribution >= 0.6 is 0 Å². The van der Waals surface area contributed by atoms with Gasteiger partial charge < -0.3 is 19.5 Å². The maximum absolute atomic E-state index is 13.7. The topological polar surface area (TPSA) is 77.1 Å². The van der Waals surface area contributed by atoms with Crippen LogP contribution in [-0.2, 0) is 19.6 Å². The summed E-state index contributed by atoms with van der Waals surface area (Å²) >= 11 is 0. The molecule has 2 heterocycles. The Hall–Kier alpha value is -3.18. The highest BCUT2D eigenvalue weighted by Crippen LogP contribution is 2.40. The summed E-state index contributed by atoms with van der Waals surface area (Å²) in [6.07, 6.45) is 2.96. The molecular formula is C42H60N2O5. The molecule has 0 bridgehead atoms. The minimum atomic E-state index is -0.490. The lowest BCUT2D eigenvalue weighted by Crippen LogP contribution is -2.63. The molecular weight excluding hydrogens is 612 g/mol. The van der Waals surface area contributed by atoms with Crippen LogP contribution in [0, 0.1) is 18.8 Å². The lowest BCUT2D eigenvalue weighted by Gasteiger charge is -2.55. The van der Waals surface area contributed by atoms with Crippen molar-refractivity contribution in [3.8, 4) is 11.8 Å². The van der Waals surface area contributed by atoms with Crippen LogP contribution in [0.5, 0.6) is 0 Å². The van der Waals surface area contributed by atoms with Crippen LogP contribution in [0.15, 0.2) is 48.5 Å². The molecule has 2 aliphatic heterocycles. The molecule has 0 amide bonds. The highest BCUT2D eigenvalue weighted by molar-refractivity contribution is 6.03. The molecule has 1 atom stereocenters. The van der Waals surface area contributed by atoms with Gasteiger partial charge in [-0.15, -0.1) is 5.92 Å². The number of esters is 2. The summed E-state index contributed by atoms with van der Waals surface area (Å²) in [5.74, 6) is 5.79. The molecule has 2 aromatic carbocycles. The quantitative estimate of drug-likeness (QED) is 0.156. The minimum absolute atomic E-state index is 0.170. The van der Waals surface area contributed by atoms with Crippen LogP contribution in [-0.4, -0.2) is 71.0 Å². The lowest BCUT2D eigenvalue weighted by atomic mass is 9.78. The molecule has 0 spiro atoms. The maximum Gasteiger partial charge on any atom is 0.339 e. The fraction of sp³-hybridized carbons (Fsp3) is 0.619. The summed E-state index contributed by atoms with van der Waals surface area (Å²) in [4.78, 5) is 29.6. The van der Waals surface area contributed by atoms with Crippen molar-refractivity contribution in [3.63, 3.8) is 0 Å². The van der Waals surface area contributed by atoms with Crippen LogP contribution in [0.1, 0.15) is 133 Å². The van der Waals surface area contributed by atoms with Crippen molar-refractivity contribution in [1.29, 1.82) is 0 Å². The zero-order chi connectivity index (χ0) is 36.3. The van der Waals surface area contributed by atoms with Gasteiger partial charge in [0.1, 0.15) is 12.2 Å². The summed E-state index contributed by atoms with van der Waals surface area (Å²) < 4.78 is 18.6. The van der Waals surface area contributed by atoms with Crippen molar-refractivity contribution in [2.24, 2.45) is 0 Å². The van der Waals surface area contributed by atoms with Crippen LogP contribution in [0.25, 0.3) is 0 Å². The third-order valence-corrected chi connectivity index (χ3v) is 10.1. The van der Waals surface area contributed by atoms with Gasteiger partial charge in [-0.05, 0) is 92.5 Å². The first-order valence-corrected chi connectivity index (χ1v) is 18.0. The number of nitrogens with zero attached hydrogens (tertiary/aromatic N) is 1. The Balaban J connectivity index is 1.39. The summed E-state index contributed by atoms with van der Waals surface area (Å²) in [6, 6.07) is 15.2. The van der Waals surface area contributed by atoms with E-state index in [0.29, 0.717) is 38.9 Å². The van der Waals surface area contributed by atoms with Crippen molar-refractivity contribution >= 4 is 11.9 Å². The first-order valence-electron chi connectivity index (χ1n) is 18.0. The molecule has 1 N–H and O–H groups in total. The number of carbonyl (C=O) groups excluding carboxylic acids is 2. The summed E-state index contributed by atoms with van der Waals surface area (Å²) in [5.41, 5.74) is 1.66. The second kappa shape index (κ2) is 15.0. The van der Waals surface area contributed by atoms with E-state index in [1.807, 2.05) is 0 Å². The number of ether oxygens (including phenoxy) is 3. The van der Waals surface area contributed by atoms with Gasteiger partial charge in [0, 0.05) is 60.8 Å². The number of carbonyl (C=O) groups is 2. The fourth-order valence-corrected chi connectivity index (χ4v) is 8.58. The van der Waals surface area contributed by atoms with Gasteiger partial charge in [-0.2, -0.15) is 0 Å². The van der Waals surface area contributed by atoms with Gasteiger partial charge in [-0.25, -0.2) is 9.59 Å². The first-order chi connectivity index (χ1) is 22.8. The molecule has 4 rings (SSSR count). The van der Waals surface area contributed by atoms with E-state index in [9.17, 15) is 9.59 Å². The smallest absolute Gasteiger partial charge is 0.339 e. The van der Waals surface area contributed by atoms with Gasteiger partial charge in [0.25, 0.3) is 0 Å². The molecule has 0 radical (unpaired) electrons. The molecule has 7 heteroatoms. The fourth-order valence-electron chi connectivity index (χ4n) is 8.58. The van der Waals surface area contributed by atoms with Gasteiger partial charge in [0.2, 0.25) is 0 Å². The molecule has 0 saturated carbocycles. The first kappa shape index (κ1) is 38.6. The molecule has 7 nitrogen and oxygen atoms in total. The normalized spacial score (nSPS) is 21.5. The third-order valence-electron chi connectivity index (χ3n) is 10.1. The molecule has 1 unspecified atom stereocenters. The molecule has 0 aromatic heterocycles. The highest BCUT2D eigenvalue weighted by Gasteiger charge is 2.47. The molecule has 0 aliphatic carbocycles. The summed E-state index contributed by atoms with van der Waals surface area (Å²) in [5, 5.41) is 3.62. The molecule has 2 fully saturated rings. The van der Waals surface area contributed by atoms with Gasteiger partial charge >= 0.3 is 11.9 Å². The number of benzene rings is 2. The number of aryl methyl sites for hydroxylation is 1. The van der Waals surface area contributed by atoms with Crippen molar-refractivity contribution in [1.82, 2.24) is 10.2 Å². The molecule has 49 heavy (non-hydrogen) atoms. The predicted octanol–water partition coefficient (Wildman–Crippen LogP) is 8.03. The van der Waals surface area contributed by atoms with Crippen LogP contribution in [0.4, 0.5) is 0 Å². The van der Waals surface area contributed by atoms with E-state index < -0.39 is 17.4 Å². The number of nitrogens with one attached hydrogen (secondary N) is 1. The van der Waals surface area contributed by atoms with Crippen molar-refractivity contribution in [2.45, 2.75) is 148 Å². The number of piperidine rings is 2. The van der Waals surface area contributed by atoms with E-state index in [0.717, 1.165) is 13.0 Å². The molecule has 2 aromatic rings. The Kier molecular flexibility index (Phi) is 11.8. The monoisotopic (exact) mass is 672 g/mol. The predicted molar refractivity (Wildman–Crippen MR) is 197 cm³/mol. The summed E-state index contributed by atoms with van der Waals surface area (Å²) in [6.45, 7) is 25.5. The van der Waals surface area contributed by atoms with E-state index in [1.165, 1.54) is 11.1 Å². The Morgan fingerprint density at radius 2 is 1.31 bits per heavy atom. The van der Waals surface area contributed by atoms with Gasteiger partial charge in [-0.1, -0.05) is 49.2 Å². The largest absolute Gasteiger partial charge is 0.459 e. The van der Waals surface area contributed by atoms with Crippen LogP contribution in [0.3, 0.4) is 0 Å². The number of likely N-dealkylation sites (tertiary alicyclic amines) is 1. The zero-order valence-corrected chi connectivity index (χ0v) is 31.9. The van der Waals surface area contributed by atoms with Crippen molar-refractivity contribution in [2.75, 3.05) is 19.8 Å². The zero-order valence-electron chi connectivity index (χ0n) is 31.9. The van der Waals surface area contributed by atoms with E-state index in [-0.39, 0.29) is 45.5 Å². The lowest BCUT2D eigenvalue weighted by molar-refractivity contribution is -0.0960. The standard InChI is InChI=1S/C42H60N2O5/c1-12-13-22-42(11,35-21-17-14-18-30(35)2)29-47-24-23-44-40(7,8)27-32(28-41(44,9)10)49-37(46)34-20-16-15-19-33(34)36(45)48-31-25-38(3,4)43-39(5,6)26-31/h14-21,31-32,43H,12,23-29H2,1-11H3. The molecule has 2 saturated heterocycles. The average Bonchev–Trinajstić information content (AvgIpc) is 2.97. The second-order valence-electron chi connectivity index (χ2n) is 16.9. The number of hydrogen-bond acceptors (Lipinski definition) is 7. The Labute approximate surface area is 295 Å². The van der Waals surface area contributed by atoms with Gasteiger partial charge in [0.15, 0.2) is 0 Å². The Morgan fingerprint density at radius 1 is 0.816 bits per heavy atom. The number of hydrogen-bond donors (Lipinski definition) is 1. The van der Waals surface area contributed by atoms with Gasteiger partial charge in [0.05, 0.1) is 29.8 Å². The number of rotatable bonds is 10. The molecule has 268 valence electrons. The van der Waals surface area contributed by atoms with Crippen LogP contribution in [0.2, 0.25) is 0 Å². The van der Waals surface area contributed by atoms with Crippen molar-refractivity contribution < 1.29 is 23.8 Å². The summed E-state index contributed by atoms with van der Waals surface area (Å²) in [7, 11) is 0. The van der Waals surface area contributed by atoms with Gasteiger partial charge in [-0.3, -0.25) is 4.90 Å². The maximum atomic E-state index is 13.7. The third kappa shape index (κ3) is 9.75. The Morgan fingerprint density at radius 3 is 1.82 bits per heavy atom. The van der Waals surface area contributed by atoms with Crippen LogP contribution < -0.4 is 5.32 Å². The SMILES string of the molecule is CCC#CC(C)(COCCN1C(C)(C)CC(OC(=O)c2ccccc2C(=O)OC2CC(C)(C)NC(C)(C)C2)CC1(C)C)c1ccccc1C. The molecule has 2 aliphatic rings. The second-order valence-corrected chi connectivity index (χ2v) is 16.9.